The molecule has 2 aliphatic heterocycles. The molecular formula is C26H33N5O. The van der Waals surface area contributed by atoms with E-state index in [4.69, 9.17) is 4.98 Å². The number of anilines is 1. The van der Waals surface area contributed by atoms with E-state index in [9.17, 15) is 4.79 Å². The van der Waals surface area contributed by atoms with Gasteiger partial charge in [0.2, 0.25) is 0 Å². The van der Waals surface area contributed by atoms with Crippen molar-refractivity contribution in [2.45, 2.75) is 34.1 Å². The SMILES string of the molecule is C=C1C(C)=CC(c2cc(=O)n3cc(N4CCNCC4)ccc3n2)=CN1/C=C(/C)C(C)CC. The van der Waals surface area contributed by atoms with Gasteiger partial charge in [-0.25, -0.2) is 4.98 Å². The van der Waals surface area contributed by atoms with Crippen LogP contribution >= 0.6 is 0 Å². The Morgan fingerprint density at radius 2 is 2.06 bits per heavy atom. The van der Waals surface area contributed by atoms with Crippen LogP contribution in [0.15, 0.2) is 71.1 Å². The van der Waals surface area contributed by atoms with Gasteiger partial charge in [0, 0.05) is 62.1 Å². The first-order valence-electron chi connectivity index (χ1n) is 11.4. The molecule has 0 spiro atoms. The molecule has 1 fully saturated rings. The van der Waals surface area contributed by atoms with E-state index in [1.54, 1.807) is 10.5 Å². The quantitative estimate of drug-likeness (QED) is 0.770. The van der Waals surface area contributed by atoms with E-state index in [0.29, 0.717) is 17.3 Å². The van der Waals surface area contributed by atoms with E-state index in [1.807, 2.05) is 25.4 Å². The molecule has 4 rings (SSSR count). The molecule has 0 amide bonds. The Kier molecular flexibility index (Phi) is 6.33. The summed E-state index contributed by atoms with van der Waals surface area (Å²) >= 11 is 0. The highest BCUT2D eigenvalue weighted by atomic mass is 16.1. The molecule has 6 nitrogen and oxygen atoms in total. The van der Waals surface area contributed by atoms with Crippen LogP contribution in [0.4, 0.5) is 5.69 Å². The first-order valence-corrected chi connectivity index (χ1v) is 11.4. The number of fused-ring (bicyclic) bond motifs is 1. The van der Waals surface area contributed by atoms with E-state index >= 15 is 0 Å². The largest absolute Gasteiger partial charge is 0.368 e. The van der Waals surface area contributed by atoms with Crippen molar-refractivity contribution in [2.75, 3.05) is 31.1 Å². The predicted molar refractivity (Wildman–Crippen MR) is 132 cm³/mol. The summed E-state index contributed by atoms with van der Waals surface area (Å²) in [7, 11) is 0. The van der Waals surface area contributed by atoms with Gasteiger partial charge in [0.25, 0.3) is 5.56 Å². The van der Waals surface area contributed by atoms with Gasteiger partial charge in [-0.2, -0.15) is 0 Å². The zero-order chi connectivity index (χ0) is 22.8. The van der Waals surface area contributed by atoms with Crippen LogP contribution in [0.5, 0.6) is 0 Å². The van der Waals surface area contributed by atoms with Crippen LogP contribution in [0.2, 0.25) is 0 Å². The molecule has 1 unspecified atom stereocenters. The minimum absolute atomic E-state index is 0.0729. The summed E-state index contributed by atoms with van der Waals surface area (Å²) < 4.78 is 1.64. The second-order valence-electron chi connectivity index (χ2n) is 8.78. The number of piperazine rings is 1. The molecule has 0 saturated carbocycles. The average molecular weight is 432 g/mol. The van der Waals surface area contributed by atoms with E-state index in [2.05, 4.69) is 60.8 Å². The highest BCUT2D eigenvalue weighted by molar-refractivity contribution is 5.76. The average Bonchev–Trinajstić information content (AvgIpc) is 2.81. The monoisotopic (exact) mass is 431 g/mol. The van der Waals surface area contributed by atoms with Crippen LogP contribution in [0.25, 0.3) is 11.2 Å². The number of pyridine rings is 1. The maximum absolute atomic E-state index is 13.0. The summed E-state index contributed by atoms with van der Waals surface area (Å²) in [5.74, 6) is 0.499. The van der Waals surface area contributed by atoms with Crippen LogP contribution in [-0.4, -0.2) is 40.5 Å². The van der Waals surface area contributed by atoms with Gasteiger partial charge in [-0.3, -0.25) is 9.20 Å². The molecule has 4 heterocycles. The fourth-order valence-electron chi connectivity index (χ4n) is 4.06. The third kappa shape index (κ3) is 4.41. The normalized spacial score (nSPS) is 18.6. The molecule has 1 N–H and O–H groups in total. The van der Waals surface area contributed by atoms with Gasteiger partial charge >= 0.3 is 0 Å². The zero-order valence-electron chi connectivity index (χ0n) is 19.6. The number of nitrogens with one attached hydrogen (secondary N) is 1. The van der Waals surface area contributed by atoms with Gasteiger partial charge in [0.05, 0.1) is 11.4 Å². The highest BCUT2D eigenvalue weighted by Gasteiger charge is 2.17. The number of rotatable bonds is 5. The molecule has 0 radical (unpaired) electrons. The maximum Gasteiger partial charge on any atom is 0.258 e. The van der Waals surface area contributed by atoms with Gasteiger partial charge in [0.1, 0.15) is 5.65 Å². The van der Waals surface area contributed by atoms with Gasteiger partial charge in [0.15, 0.2) is 0 Å². The number of allylic oxidation sites excluding steroid dienone is 4. The predicted octanol–water partition coefficient (Wildman–Crippen LogP) is 4.17. The third-order valence-electron chi connectivity index (χ3n) is 6.57. The number of hydrogen-bond donors (Lipinski definition) is 1. The molecule has 32 heavy (non-hydrogen) atoms. The van der Waals surface area contributed by atoms with Crippen LogP contribution in [0.3, 0.4) is 0 Å². The Balaban J connectivity index is 1.71. The first-order chi connectivity index (χ1) is 15.4. The van der Waals surface area contributed by atoms with E-state index < -0.39 is 0 Å². The van der Waals surface area contributed by atoms with Crippen LogP contribution in [0, 0.1) is 5.92 Å². The van der Waals surface area contributed by atoms with Crippen molar-refractivity contribution in [2.24, 2.45) is 5.92 Å². The Morgan fingerprint density at radius 1 is 1.31 bits per heavy atom. The number of hydrogen-bond acceptors (Lipinski definition) is 5. The van der Waals surface area contributed by atoms with Crippen LogP contribution in [0.1, 0.15) is 39.8 Å². The number of nitrogens with zero attached hydrogens (tertiary/aromatic N) is 4. The van der Waals surface area contributed by atoms with Gasteiger partial charge in [-0.15, -0.1) is 0 Å². The number of aromatic nitrogens is 2. The Morgan fingerprint density at radius 3 is 2.78 bits per heavy atom. The van der Waals surface area contributed by atoms with Crippen molar-refractivity contribution in [3.63, 3.8) is 0 Å². The second-order valence-corrected chi connectivity index (χ2v) is 8.78. The Labute approximate surface area is 190 Å². The van der Waals surface area contributed by atoms with Crippen molar-refractivity contribution in [1.29, 1.82) is 0 Å². The van der Waals surface area contributed by atoms with Crippen molar-refractivity contribution in [1.82, 2.24) is 19.6 Å². The van der Waals surface area contributed by atoms with E-state index in [-0.39, 0.29) is 5.56 Å². The molecule has 2 aromatic heterocycles. The lowest BCUT2D eigenvalue weighted by Gasteiger charge is -2.29. The minimum Gasteiger partial charge on any atom is -0.368 e. The Bertz CT molecular complexity index is 1180. The zero-order valence-corrected chi connectivity index (χ0v) is 19.6. The van der Waals surface area contributed by atoms with E-state index in [0.717, 1.165) is 55.1 Å². The lowest BCUT2D eigenvalue weighted by atomic mass is 9.99. The molecule has 1 saturated heterocycles. The summed E-state index contributed by atoms with van der Waals surface area (Å²) in [6.45, 7) is 16.6. The van der Waals surface area contributed by atoms with Crippen molar-refractivity contribution in [3.05, 3.63) is 82.3 Å². The van der Waals surface area contributed by atoms with Gasteiger partial charge < -0.3 is 15.1 Å². The molecule has 0 bridgehead atoms. The molecule has 6 heteroatoms. The topological polar surface area (TPSA) is 52.9 Å². The summed E-state index contributed by atoms with van der Waals surface area (Å²) in [5.41, 5.74) is 6.52. The lowest BCUT2D eigenvalue weighted by Crippen LogP contribution is -2.43. The molecule has 2 aliphatic rings. The summed E-state index contributed by atoms with van der Waals surface area (Å²) in [6, 6.07) is 5.62. The lowest BCUT2D eigenvalue weighted by molar-refractivity contribution is 0.588. The molecule has 1 atom stereocenters. The maximum atomic E-state index is 13.0. The summed E-state index contributed by atoms with van der Waals surface area (Å²) in [5, 5.41) is 3.36. The summed E-state index contributed by atoms with van der Waals surface area (Å²) in [4.78, 5) is 22.2. The fourth-order valence-corrected chi connectivity index (χ4v) is 4.06. The smallest absolute Gasteiger partial charge is 0.258 e. The van der Waals surface area contributed by atoms with Crippen molar-refractivity contribution >= 4 is 16.9 Å². The third-order valence-corrected chi connectivity index (χ3v) is 6.57. The molecule has 0 aromatic carbocycles. The standard InChI is InChI=1S/C26H33N5O/c1-6-18(2)20(4)15-30-16-22(13-19(3)21(30)5)24-14-26(32)31-17-23(7-8-25(31)28-24)29-11-9-27-10-12-29/h7-8,13-18,27H,5-6,9-12H2,1-4H3/b20-15-. The highest BCUT2D eigenvalue weighted by Crippen LogP contribution is 2.29. The Hall–Kier alpha value is -3.12. The summed E-state index contributed by atoms with van der Waals surface area (Å²) in [6.07, 6.45) is 9.21. The van der Waals surface area contributed by atoms with Crippen molar-refractivity contribution < 1.29 is 0 Å². The van der Waals surface area contributed by atoms with Crippen LogP contribution in [-0.2, 0) is 0 Å². The molecule has 0 aliphatic carbocycles. The minimum atomic E-state index is -0.0729. The van der Waals surface area contributed by atoms with Gasteiger partial charge in [-0.05, 0) is 50.0 Å². The second kappa shape index (κ2) is 9.17. The van der Waals surface area contributed by atoms with Crippen LogP contribution < -0.4 is 15.8 Å². The molecule has 2 aromatic rings. The molecule has 168 valence electrons. The molecular weight excluding hydrogens is 398 g/mol. The van der Waals surface area contributed by atoms with E-state index in [1.165, 1.54) is 5.57 Å². The van der Waals surface area contributed by atoms with Gasteiger partial charge in [-0.1, -0.05) is 26.0 Å². The first kappa shape index (κ1) is 22.1. The van der Waals surface area contributed by atoms with Crippen molar-refractivity contribution in [3.8, 4) is 0 Å². The fraction of sp³-hybridized carbons (Fsp3) is 0.385.